The van der Waals surface area contributed by atoms with Crippen LogP contribution in [0.15, 0.2) is 59.2 Å². The second kappa shape index (κ2) is 7.21. The maximum absolute atomic E-state index is 13.8. The molecule has 5 heteroatoms. The Labute approximate surface area is 177 Å². The lowest BCUT2D eigenvalue weighted by Crippen LogP contribution is -2.22. The van der Waals surface area contributed by atoms with Crippen molar-refractivity contribution < 1.29 is 9.18 Å². The number of anilines is 1. The quantitative estimate of drug-likeness (QED) is 0.496. The zero-order valence-electron chi connectivity index (χ0n) is 16.0. The molecule has 2 aromatic carbocycles. The Morgan fingerprint density at radius 1 is 1.10 bits per heavy atom. The number of hydrogen-bond donors (Lipinski definition) is 1. The third-order valence-corrected chi connectivity index (χ3v) is 7.31. The van der Waals surface area contributed by atoms with Gasteiger partial charge in [-0.3, -0.25) is 9.78 Å². The van der Waals surface area contributed by atoms with Crippen molar-refractivity contribution in [1.82, 2.24) is 4.98 Å². The maximum Gasteiger partial charge on any atom is 0.228 e. The van der Waals surface area contributed by atoms with Gasteiger partial charge in [0.05, 0.1) is 5.52 Å². The van der Waals surface area contributed by atoms with E-state index in [0.29, 0.717) is 5.92 Å². The minimum atomic E-state index is -0.217. The van der Waals surface area contributed by atoms with E-state index in [1.165, 1.54) is 11.6 Å². The molecule has 2 saturated carbocycles. The summed E-state index contributed by atoms with van der Waals surface area (Å²) in [6, 6.07) is 14.6. The monoisotopic (exact) mass is 452 g/mol. The minimum Gasteiger partial charge on any atom is -0.326 e. The molecule has 1 heterocycles. The summed E-state index contributed by atoms with van der Waals surface area (Å²) in [4.78, 5) is 17.1. The fourth-order valence-electron chi connectivity index (χ4n) is 5.03. The van der Waals surface area contributed by atoms with Gasteiger partial charge >= 0.3 is 0 Å². The normalized spacial score (nSPS) is 25.9. The number of nitrogens with one attached hydrogen (secondary N) is 1. The molecule has 0 radical (unpaired) electrons. The fraction of sp³-hybridized carbons (Fsp3) is 0.333. The number of aromatic nitrogens is 1. The largest absolute Gasteiger partial charge is 0.326 e. The van der Waals surface area contributed by atoms with Crippen LogP contribution in [0.2, 0.25) is 0 Å². The molecule has 0 aliphatic heterocycles. The average Bonchev–Trinajstić information content (AvgIpc) is 3.43. The van der Waals surface area contributed by atoms with Crippen LogP contribution < -0.4 is 5.32 Å². The van der Waals surface area contributed by atoms with Gasteiger partial charge in [-0.05, 0) is 97.5 Å². The van der Waals surface area contributed by atoms with E-state index in [4.69, 9.17) is 0 Å². The molecule has 3 aromatic rings. The van der Waals surface area contributed by atoms with Crippen LogP contribution in [0.25, 0.3) is 10.9 Å². The van der Waals surface area contributed by atoms with Crippen LogP contribution in [0.5, 0.6) is 0 Å². The summed E-state index contributed by atoms with van der Waals surface area (Å²) >= 11 is 3.42. The summed E-state index contributed by atoms with van der Waals surface area (Å²) in [5.41, 5.74) is 3.05. The molecule has 0 unspecified atom stereocenters. The number of carbonyl (C=O) groups is 1. The van der Waals surface area contributed by atoms with Crippen LogP contribution >= 0.6 is 15.9 Å². The molecule has 1 aromatic heterocycles. The van der Waals surface area contributed by atoms with E-state index >= 15 is 0 Å². The Kier molecular flexibility index (Phi) is 4.66. The number of pyridine rings is 1. The Bertz CT molecular complexity index is 1070. The fourth-order valence-corrected chi connectivity index (χ4v) is 5.30. The van der Waals surface area contributed by atoms with E-state index in [1.54, 1.807) is 12.1 Å². The molecular formula is C24H22BrFN2O. The topological polar surface area (TPSA) is 42.0 Å². The number of amides is 1. The van der Waals surface area contributed by atoms with Crippen LogP contribution in [-0.4, -0.2) is 10.9 Å². The van der Waals surface area contributed by atoms with Crippen molar-refractivity contribution in [2.24, 2.45) is 11.3 Å². The van der Waals surface area contributed by atoms with E-state index in [-0.39, 0.29) is 23.1 Å². The lowest BCUT2D eigenvalue weighted by Gasteiger charge is -2.30. The van der Waals surface area contributed by atoms with Gasteiger partial charge in [0.25, 0.3) is 0 Å². The van der Waals surface area contributed by atoms with Crippen molar-refractivity contribution in [3.8, 4) is 0 Å². The van der Waals surface area contributed by atoms with Gasteiger partial charge in [0.2, 0.25) is 5.91 Å². The minimum absolute atomic E-state index is 0.110. The smallest absolute Gasteiger partial charge is 0.228 e. The van der Waals surface area contributed by atoms with E-state index in [9.17, 15) is 9.18 Å². The van der Waals surface area contributed by atoms with Gasteiger partial charge in [-0.15, -0.1) is 0 Å². The molecule has 0 saturated heterocycles. The zero-order chi connectivity index (χ0) is 20.0. The van der Waals surface area contributed by atoms with E-state index < -0.39 is 0 Å². The van der Waals surface area contributed by atoms with Crippen LogP contribution in [0.4, 0.5) is 10.1 Å². The number of carbonyl (C=O) groups excluding carboxylic acids is 1. The highest BCUT2D eigenvalue weighted by Gasteiger charge is 2.58. The van der Waals surface area contributed by atoms with Crippen molar-refractivity contribution in [1.29, 1.82) is 0 Å². The summed E-state index contributed by atoms with van der Waals surface area (Å²) in [6.45, 7) is 0. The number of rotatable bonds is 3. The highest BCUT2D eigenvalue weighted by Crippen LogP contribution is 2.63. The third kappa shape index (κ3) is 3.57. The summed E-state index contributed by atoms with van der Waals surface area (Å²) in [5, 5.41) is 3.99. The average molecular weight is 453 g/mol. The molecule has 29 heavy (non-hydrogen) atoms. The summed E-state index contributed by atoms with van der Waals surface area (Å²) < 4.78 is 14.8. The molecule has 2 aliphatic rings. The van der Waals surface area contributed by atoms with Crippen molar-refractivity contribution >= 4 is 38.4 Å². The number of hydrogen-bond acceptors (Lipinski definition) is 2. The molecule has 5 rings (SSSR count). The zero-order valence-corrected chi connectivity index (χ0v) is 17.6. The number of halogens is 2. The Hall–Kier alpha value is -2.27. The standard InChI is InChI=1S/C24H22BrFN2O/c25-16-1-4-18(5-2-16)28-23(29)21-14-24(21)10-7-15(8-11-24)19-9-12-27-22-6-3-17(26)13-20(19)22/h1-6,9,12-13,15,21H,7-8,10-11,14H2,(H,28,29)/t15?,21-,24?/m1/s1. The first-order chi connectivity index (χ1) is 14.0. The van der Waals surface area contributed by atoms with Crippen LogP contribution in [-0.2, 0) is 4.79 Å². The molecule has 0 bridgehead atoms. The summed E-state index contributed by atoms with van der Waals surface area (Å²) in [5.74, 6) is 0.440. The molecular weight excluding hydrogens is 431 g/mol. The van der Waals surface area contributed by atoms with E-state index in [2.05, 4.69) is 26.2 Å². The van der Waals surface area contributed by atoms with E-state index in [1.807, 2.05) is 36.5 Å². The van der Waals surface area contributed by atoms with Gasteiger partial charge in [-0.1, -0.05) is 15.9 Å². The second-order valence-electron chi connectivity index (χ2n) is 8.45. The van der Waals surface area contributed by atoms with Gasteiger partial charge in [-0.2, -0.15) is 0 Å². The molecule has 148 valence electrons. The molecule has 2 fully saturated rings. The Balaban J connectivity index is 1.26. The van der Waals surface area contributed by atoms with Gasteiger partial charge in [0.1, 0.15) is 5.82 Å². The van der Waals surface area contributed by atoms with Crippen molar-refractivity contribution in [3.05, 3.63) is 70.6 Å². The predicted molar refractivity (Wildman–Crippen MR) is 116 cm³/mol. The first-order valence-corrected chi connectivity index (χ1v) is 10.9. The van der Waals surface area contributed by atoms with Gasteiger partial charge < -0.3 is 5.32 Å². The molecule has 1 amide bonds. The highest BCUT2D eigenvalue weighted by molar-refractivity contribution is 9.10. The second-order valence-corrected chi connectivity index (χ2v) is 9.37. The lowest BCUT2D eigenvalue weighted by atomic mass is 9.75. The van der Waals surface area contributed by atoms with E-state index in [0.717, 1.165) is 53.2 Å². The number of nitrogens with zero attached hydrogens (tertiary/aromatic N) is 1. The first-order valence-electron chi connectivity index (χ1n) is 10.1. The van der Waals surface area contributed by atoms with Gasteiger partial charge in [-0.25, -0.2) is 4.39 Å². The van der Waals surface area contributed by atoms with Crippen LogP contribution in [0, 0.1) is 17.2 Å². The van der Waals surface area contributed by atoms with Gasteiger partial charge in [0.15, 0.2) is 0 Å². The van der Waals surface area contributed by atoms with Crippen LogP contribution in [0.1, 0.15) is 43.6 Å². The third-order valence-electron chi connectivity index (χ3n) is 6.78. The molecule has 3 nitrogen and oxygen atoms in total. The molecule has 2 aliphatic carbocycles. The molecule has 1 atom stereocenters. The van der Waals surface area contributed by atoms with Crippen LogP contribution in [0.3, 0.4) is 0 Å². The first kappa shape index (κ1) is 18.7. The van der Waals surface area contributed by atoms with Crippen molar-refractivity contribution in [2.45, 2.75) is 38.0 Å². The summed E-state index contributed by atoms with van der Waals surface area (Å²) in [6.07, 6.45) is 6.99. The number of benzene rings is 2. The Morgan fingerprint density at radius 3 is 2.62 bits per heavy atom. The van der Waals surface area contributed by atoms with Gasteiger partial charge in [0, 0.05) is 27.7 Å². The highest BCUT2D eigenvalue weighted by atomic mass is 79.9. The predicted octanol–water partition coefficient (Wildman–Crippen LogP) is 6.44. The number of fused-ring (bicyclic) bond motifs is 1. The molecule has 1 N–H and O–H groups in total. The molecule has 1 spiro atoms. The lowest BCUT2D eigenvalue weighted by molar-refractivity contribution is -0.118. The Morgan fingerprint density at radius 2 is 1.86 bits per heavy atom. The van der Waals surface area contributed by atoms with Crippen molar-refractivity contribution in [3.63, 3.8) is 0 Å². The SMILES string of the molecule is O=C(Nc1ccc(Br)cc1)[C@H]1CC12CCC(c1ccnc3ccc(F)cc13)CC2. The maximum atomic E-state index is 13.8. The van der Waals surface area contributed by atoms with Crippen molar-refractivity contribution in [2.75, 3.05) is 5.32 Å². The summed E-state index contributed by atoms with van der Waals surface area (Å²) in [7, 11) is 0.